The summed E-state index contributed by atoms with van der Waals surface area (Å²) in [6.07, 6.45) is 8.30. The first-order valence-corrected chi connectivity index (χ1v) is 8.70. The van der Waals surface area contributed by atoms with Gasteiger partial charge in [0.25, 0.3) is 0 Å². The van der Waals surface area contributed by atoms with Crippen LogP contribution in [0.5, 0.6) is 0 Å². The van der Waals surface area contributed by atoms with Crippen LogP contribution in [0.25, 0.3) is 0 Å². The Hall–Kier alpha value is -1.06. The molecule has 2 aliphatic carbocycles. The van der Waals surface area contributed by atoms with Crippen LogP contribution in [0.15, 0.2) is 0 Å². The standard InChI is InChI=1S/C17H28N2O2/c1-3-12(2)14-15(20)18-17(9-5-4-6-10-17)16(21)19(14)11-13-7-8-13/h12-14H,3-11H2,1-2H3,(H,18,20). The summed E-state index contributed by atoms with van der Waals surface area (Å²) in [6.45, 7) is 4.99. The Bertz CT molecular complexity index is 425. The Morgan fingerprint density at radius 3 is 2.48 bits per heavy atom. The van der Waals surface area contributed by atoms with Crippen LogP contribution in [-0.4, -0.2) is 34.8 Å². The Labute approximate surface area is 127 Å². The number of nitrogens with zero attached hydrogens (tertiary/aromatic N) is 1. The first-order chi connectivity index (χ1) is 10.1. The van der Waals surface area contributed by atoms with Crippen LogP contribution in [0.2, 0.25) is 0 Å². The molecule has 1 N–H and O–H groups in total. The summed E-state index contributed by atoms with van der Waals surface area (Å²) in [5.74, 6) is 1.16. The lowest BCUT2D eigenvalue weighted by atomic mass is 9.77. The van der Waals surface area contributed by atoms with Gasteiger partial charge in [0.1, 0.15) is 11.6 Å². The molecular formula is C17H28N2O2. The van der Waals surface area contributed by atoms with E-state index in [1.807, 2.05) is 4.90 Å². The number of hydrogen-bond acceptors (Lipinski definition) is 2. The van der Waals surface area contributed by atoms with Gasteiger partial charge in [0, 0.05) is 6.54 Å². The van der Waals surface area contributed by atoms with E-state index in [9.17, 15) is 9.59 Å². The normalized spacial score (nSPS) is 30.4. The molecule has 3 rings (SSSR count). The fourth-order valence-corrected chi connectivity index (χ4v) is 3.96. The van der Waals surface area contributed by atoms with Gasteiger partial charge in [0.05, 0.1) is 0 Å². The SMILES string of the molecule is CCC(C)C1C(=O)NC2(CCCCC2)C(=O)N1CC1CC1. The van der Waals surface area contributed by atoms with E-state index >= 15 is 0 Å². The topological polar surface area (TPSA) is 49.4 Å². The second kappa shape index (κ2) is 5.62. The van der Waals surface area contributed by atoms with Gasteiger partial charge in [-0.3, -0.25) is 9.59 Å². The minimum atomic E-state index is -0.575. The van der Waals surface area contributed by atoms with E-state index in [1.165, 1.54) is 19.3 Å². The Morgan fingerprint density at radius 2 is 1.90 bits per heavy atom. The molecule has 4 nitrogen and oxygen atoms in total. The van der Waals surface area contributed by atoms with Crippen molar-refractivity contribution in [3.63, 3.8) is 0 Å². The first-order valence-electron chi connectivity index (χ1n) is 8.70. The van der Waals surface area contributed by atoms with E-state index in [0.717, 1.165) is 38.6 Å². The molecule has 2 atom stereocenters. The minimum absolute atomic E-state index is 0.0894. The number of nitrogens with one attached hydrogen (secondary N) is 1. The van der Waals surface area contributed by atoms with Crippen LogP contribution < -0.4 is 5.32 Å². The smallest absolute Gasteiger partial charge is 0.249 e. The second-order valence-electron chi connectivity index (χ2n) is 7.36. The van der Waals surface area contributed by atoms with Crippen LogP contribution in [0, 0.1) is 11.8 Å². The molecule has 0 aromatic heterocycles. The number of rotatable bonds is 4. The predicted molar refractivity (Wildman–Crippen MR) is 81.6 cm³/mol. The molecule has 4 heteroatoms. The van der Waals surface area contributed by atoms with Gasteiger partial charge in [0.2, 0.25) is 11.8 Å². The zero-order chi connectivity index (χ0) is 15.0. The third-order valence-electron chi connectivity index (χ3n) is 5.68. The van der Waals surface area contributed by atoms with Gasteiger partial charge < -0.3 is 10.2 Å². The third-order valence-corrected chi connectivity index (χ3v) is 5.68. The summed E-state index contributed by atoms with van der Waals surface area (Å²) in [5, 5.41) is 3.14. The highest BCUT2D eigenvalue weighted by Gasteiger charge is 2.52. The van der Waals surface area contributed by atoms with E-state index in [4.69, 9.17) is 0 Å². The van der Waals surface area contributed by atoms with Crippen molar-refractivity contribution in [3.05, 3.63) is 0 Å². The molecule has 2 amide bonds. The number of amides is 2. The highest BCUT2D eigenvalue weighted by molar-refractivity contribution is 6.00. The van der Waals surface area contributed by atoms with Crippen molar-refractivity contribution >= 4 is 11.8 Å². The Morgan fingerprint density at radius 1 is 1.24 bits per heavy atom. The zero-order valence-electron chi connectivity index (χ0n) is 13.4. The summed E-state index contributed by atoms with van der Waals surface area (Å²) < 4.78 is 0. The first kappa shape index (κ1) is 14.9. The molecule has 21 heavy (non-hydrogen) atoms. The summed E-state index contributed by atoms with van der Waals surface area (Å²) in [4.78, 5) is 27.8. The lowest BCUT2D eigenvalue weighted by Crippen LogP contribution is -2.72. The van der Waals surface area contributed by atoms with E-state index in [1.54, 1.807) is 0 Å². The second-order valence-corrected chi connectivity index (χ2v) is 7.36. The van der Waals surface area contributed by atoms with Crippen molar-refractivity contribution in [1.29, 1.82) is 0 Å². The van der Waals surface area contributed by atoms with E-state index in [-0.39, 0.29) is 23.8 Å². The van der Waals surface area contributed by atoms with Gasteiger partial charge in [-0.25, -0.2) is 0 Å². The molecule has 0 aromatic carbocycles. The molecule has 3 aliphatic rings. The zero-order valence-corrected chi connectivity index (χ0v) is 13.4. The molecule has 118 valence electrons. The lowest BCUT2D eigenvalue weighted by molar-refractivity contribution is -0.159. The van der Waals surface area contributed by atoms with Gasteiger partial charge in [-0.05, 0) is 37.5 Å². The highest BCUT2D eigenvalue weighted by Crippen LogP contribution is 2.38. The molecule has 2 saturated carbocycles. The Balaban J connectivity index is 1.87. The van der Waals surface area contributed by atoms with Crippen LogP contribution in [0.1, 0.15) is 65.2 Å². The van der Waals surface area contributed by atoms with Crippen LogP contribution >= 0.6 is 0 Å². The average molecular weight is 292 g/mol. The van der Waals surface area contributed by atoms with Gasteiger partial charge in [-0.2, -0.15) is 0 Å². The van der Waals surface area contributed by atoms with E-state index in [2.05, 4.69) is 19.2 Å². The minimum Gasteiger partial charge on any atom is -0.340 e. The molecule has 1 heterocycles. The summed E-state index contributed by atoms with van der Waals surface area (Å²) >= 11 is 0. The number of carbonyl (C=O) groups is 2. The summed E-state index contributed by atoms with van der Waals surface area (Å²) in [7, 11) is 0. The van der Waals surface area contributed by atoms with Gasteiger partial charge in [-0.15, -0.1) is 0 Å². The maximum atomic E-state index is 13.2. The van der Waals surface area contributed by atoms with Crippen molar-refractivity contribution in [2.24, 2.45) is 11.8 Å². The van der Waals surface area contributed by atoms with Crippen molar-refractivity contribution in [3.8, 4) is 0 Å². The third kappa shape index (κ3) is 2.69. The molecular weight excluding hydrogens is 264 g/mol. The van der Waals surface area contributed by atoms with Crippen molar-refractivity contribution in [1.82, 2.24) is 10.2 Å². The van der Waals surface area contributed by atoms with Gasteiger partial charge in [0.15, 0.2) is 0 Å². The van der Waals surface area contributed by atoms with Crippen molar-refractivity contribution in [2.45, 2.75) is 76.8 Å². The maximum absolute atomic E-state index is 13.2. The fourth-order valence-electron chi connectivity index (χ4n) is 3.96. The van der Waals surface area contributed by atoms with Crippen LogP contribution in [-0.2, 0) is 9.59 Å². The largest absolute Gasteiger partial charge is 0.340 e. The molecule has 0 bridgehead atoms. The molecule has 2 unspecified atom stereocenters. The van der Waals surface area contributed by atoms with E-state index < -0.39 is 5.54 Å². The number of carbonyl (C=O) groups excluding carboxylic acids is 2. The molecule has 1 saturated heterocycles. The Kier molecular flexibility index (Phi) is 3.98. The predicted octanol–water partition coefficient (Wildman–Crippen LogP) is 2.47. The quantitative estimate of drug-likeness (QED) is 0.865. The molecule has 0 radical (unpaired) electrons. The molecule has 3 fully saturated rings. The summed E-state index contributed by atoms with van der Waals surface area (Å²) in [5.41, 5.74) is -0.575. The number of hydrogen-bond donors (Lipinski definition) is 1. The molecule has 1 spiro atoms. The highest BCUT2D eigenvalue weighted by atomic mass is 16.2. The summed E-state index contributed by atoms with van der Waals surface area (Å²) in [6, 6.07) is -0.254. The molecule has 1 aliphatic heterocycles. The average Bonchev–Trinajstić information content (AvgIpc) is 3.29. The van der Waals surface area contributed by atoms with Crippen LogP contribution in [0.4, 0.5) is 0 Å². The van der Waals surface area contributed by atoms with E-state index in [0.29, 0.717) is 5.92 Å². The van der Waals surface area contributed by atoms with Gasteiger partial charge >= 0.3 is 0 Å². The van der Waals surface area contributed by atoms with Crippen molar-refractivity contribution in [2.75, 3.05) is 6.54 Å². The van der Waals surface area contributed by atoms with Crippen LogP contribution in [0.3, 0.4) is 0 Å². The van der Waals surface area contributed by atoms with Gasteiger partial charge in [-0.1, -0.05) is 39.5 Å². The van der Waals surface area contributed by atoms with Crippen molar-refractivity contribution < 1.29 is 9.59 Å². The fraction of sp³-hybridized carbons (Fsp3) is 0.882. The molecule has 0 aromatic rings. The number of piperazine rings is 1. The lowest BCUT2D eigenvalue weighted by Gasteiger charge is -2.49. The maximum Gasteiger partial charge on any atom is 0.249 e. The monoisotopic (exact) mass is 292 g/mol.